The molecular formula is C18H35NO2. The minimum atomic E-state index is 0.0857. The number of unbranched alkanes of at least 4 members (excludes halogenated alkanes) is 1. The molecule has 0 bridgehead atoms. The van der Waals surface area contributed by atoms with Crippen molar-refractivity contribution in [3.05, 3.63) is 0 Å². The zero-order chi connectivity index (χ0) is 15.0. The third kappa shape index (κ3) is 6.25. The van der Waals surface area contributed by atoms with Gasteiger partial charge in [-0.1, -0.05) is 26.7 Å². The van der Waals surface area contributed by atoms with E-state index in [2.05, 4.69) is 19.2 Å². The average molecular weight is 297 g/mol. The molecule has 0 aromatic rings. The van der Waals surface area contributed by atoms with Crippen LogP contribution in [0.2, 0.25) is 0 Å². The maximum absolute atomic E-state index is 6.33. The van der Waals surface area contributed by atoms with Crippen LogP contribution < -0.4 is 5.32 Å². The molecule has 0 heterocycles. The Morgan fingerprint density at radius 1 is 1.00 bits per heavy atom. The number of hydrogen-bond donors (Lipinski definition) is 1. The summed E-state index contributed by atoms with van der Waals surface area (Å²) in [5, 5.41) is 3.70. The molecule has 0 aromatic carbocycles. The first kappa shape index (κ1) is 17.2. The van der Waals surface area contributed by atoms with Crippen molar-refractivity contribution >= 4 is 0 Å². The van der Waals surface area contributed by atoms with E-state index in [-0.39, 0.29) is 5.60 Å². The van der Waals surface area contributed by atoms with Gasteiger partial charge < -0.3 is 14.8 Å². The van der Waals surface area contributed by atoms with E-state index >= 15 is 0 Å². The lowest BCUT2D eigenvalue weighted by Gasteiger charge is -2.40. The molecule has 2 saturated carbocycles. The van der Waals surface area contributed by atoms with Crippen LogP contribution in [0.15, 0.2) is 0 Å². The molecule has 0 saturated heterocycles. The Balaban J connectivity index is 1.69. The SMILES string of the molecule is CCCCOCCOC1(CNC2CC2)CCC(CC)CC1. The van der Waals surface area contributed by atoms with E-state index in [1.165, 1.54) is 51.4 Å². The number of rotatable bonds is 11. The van der Waals surface area contributed by atoms with Gasteiger partial charge in [-0.05, 0) is 50.9 Å². The molecule has 2 fully saturated rings. The monoisotopic (exact) mass is 297 g/mol. The first-order valence-corrected chi connectivity index (χ1v) is 9.23. The molecule has 3 heteroatoms. The molecule has 2 aliphatic carbocycles. The third-order valence-corrected chi connectivity index (χ3v) is 5.16. The Labute approximate surface area is 131 Å². The standard InChI is InChI=1S/C18H35NO2/c1-3-5-12-20-13-14-21-18(15-19-17-6-7-17)10-8-16(4-2)9-11-18/h16-17,19H,3-15H2,1-2H3. The molecule has 21 heavy (non-hydrogen) atoms. The van der Waals surface area contributed by atoms with E-state index in [1.807, 2.05) is 0 Å². The molecular weight excluding hydrogens is 262 g/mol. The van der Waals surface area contributed by atoms with Gasteiger partial charge in [-0.25, -0.2) is 0 Å². The highest BCUT2D eigenvalue weighted by molar-refractivity contribution is 4.92. The van der Waals surface area contributed by atoms with Crippen LogP contribution >= 0.6 is 0 Å². The Morgan fingerprint density at radius 2 is 1.76 bits per heavy atom. The van der Waals surface area contributed by atoms with E-state index in [0.717, 1.165) is 44.7 Å². The molecule has 124 valence electrons. The summed E-state index contributed by atoms with van der Waals surface area (Å²) in [7, 11) is 0. The quantitative estimate of drug-likeness (QED) is 0.587. The van der Waals surface area contributed by atoms with Crippen molar-refractivity contribution in [3.63, 3.8) is 0 Å². The smallest absolute Gasteiger partial charge is 0.0807 e. The Kier molecular flexibility index (Phi) is 7.48. The fourth-order valence-electron chi connectivity index (χ4n) is 3.27. The largest absolute Gasteiger partial charge is 0.379 e. The Bertz CT molecular complexity index is 270. The fourth-order valence-corrected chi connectivity index (χ4v) is 3.27. The number of nitrogens with one attached hydrogen (secondary N) is 1. The predicted octanol–water partition coefficient (Wildman–Crippen LogP) is 3.91. The fraction of sp³-hybridized carbons (Fsp3) is 1.00. The molecule has 2 aliphatic rings. The Hall–Kier alpha value is -0.120. The van der Waals surface area contributed by atoms with E-state index in [1.54, 1.807) is 0 Å². The highest BCUT2D eigenvalue weighted by Gasteiger charge is 2.37. The van der Waals surface area contributed by atoms with Crippen molar-refractivity contribution in [1.82, 2.24) is 5.32 Å². The predicted molar refractivity (Wildman–Crippen MR) is 87.7 cm³/mol. The first-order valence-electron chi connectivity index (χ1n) is 9.23. The second kappa shape index (κ2) is 9.12. The normalized spacial score (nSPS) is 29.7. The minimum absolute atomic E-state index is 0.0857. The third-order valence-electron chi connectivity index (χ3n) is 5.16. The van der Waals surface area contributed by atoms with Crippen LogP contribution in [0, 0.1) is 5.92 Å². The van der Waals surface area contributed by atoms with Gasteiger partial charge in [-0.2, -0.15) is 0 Å². The average Bonchev–Trinajstić information content (AvgIpc) is 3.34. The Morgan fingerprint density at radius 3 is 2.38 bits per heavy atom. The first-order chi connectivity index (χ1) is 10.3. The number of ether oxygens (including phenoxy) is 2. The molecule has 0 spiro atoms. The maximum Gasteiger partial charge on any atom is 0.0807 e. The van der Waals surface area contributed by atoms with Crippen LogP contribution in [0.1, 0.15) is 71.6 Å². The summed E-state index contributed by atoms with van der Waals surface area (Å²) in [6.45, 7) is 7.95. The minimum Gasteiger partial charge on any atom is -0.379 e. The summed E-state index contributed by atoms with van der Waals surface area (Å²) < 4.78 is 12.0. The van der Waals surface area contributed by atoms with Crippen molar-refractivity contribution in [1.29, 1.82) is 0 Å². The van der Waals surface area contributed by atoms with Gasteiger partial charge in [0.1, 0.15) is 0 Å². The molecule has 2 rings (SSSR count). The second-order valence-corrected chi connectivity index (χ2v) is 7.00. The van der Waals surface area contributed by atoms with E-state index < -0.39 is 0 Å². The van der Waals surface area contributed by atoms with E-state index in [0.29, 0.717) is 0 Å². The molecule has 0 atom stereocenters. The van der Waals surface area contributed by atoms with Gasteiger partial charge >= 0.3 is 0 Å². The van der Waals surface area contributed by atoms with Crippen LogP contribution in [-0.4, -0.2) is 38.0 Å². The number of hydrogen-bond acceptors (Lipinski definition) is 3. The molecule has 1 N–H and O–H groups in total. The lowest BCUT2D eigenvalue weighted by molar-refractivity contribution is -0.0930. The van der Waals surface area contributed by atoms with Crippen molar-refractivity contribution in [2.45, 2.75) is 83.3 Å². The van der Waals surface area contributed by atoms with E-state index in [4.69, 9.17) is 9.47 Å². The van der Waals surface area contributed by atoms with Gasteiger partial charge in [0.05, 0.1) is 18.8 Å². The van der Waals surface area contributed by atoms with Crippen LogP contribution in [0.25, 0.3) is 0 Å². The van der Waals surface area contributed by atoms with Crippen molar-refractivity contribution < 1.29 is 9.47 Å². The van der Waals surface area contributed by atoms with Crippen molar-refractivity contribution in [3.8, 4) is 0 Å². The zero-order valence-corrected chi connectivity index (χ0v) is 14.2. The summed E-state index contributed by atoms with van der Waals surface area (Å²) in [5.41, 5.74) is 0.0857. The van der Waals surface area contributed by atoms with Gasteiger partial charge in [0.25, 0.3) is 0 Å². The lowest BCUT2D eigenvalue weighted by atomic mass is 9.77. The van der Waals surface area contributed by atoms with Gasteiger partial charge in [0, 0.05) is 19.2 Å². The van der Waals surface area contributed by atoms with Crippen molar-refractivity contribution in [2.24, 2.45) is 5.92 Å². The van der Waals surface area contributed by atoms with Crippen LogP contribution in [0.5, 0.6) is 0 Å². The second-order valence-electron chi connectivity index (χ2n) is 7.00. The summed E-state index contributed by atoms with van der Waals surface area (Å²) in [6, 6.07) is 0.773. The zero-order valence-electron chi connectivity index (χ0n) is 14.2. The van der Waals surface area contributed by atoms with Gasteiger partial charge in [-0.15, -0.1) is 0 Å². The molecule has 0 aromatic heterocycles. The summed E-state index contributed by atoms with van der Waals surface area (Å²) in [5.74, 6) is 0.920. The van der Waals surface area contributed by atoms with Crippen LogP contribution in [0.3, 0.4) is 0 Å². The van der Waals surface area contributed by atoms with Crippen LogP contribution in [0.4, 0.5) is 0 Å². The van der Waals surface area contributed by atoms with Gasteiger partial charge in [-0.3, -0.25) is 0 Å². The topological polar surface area (TPSA) is 30.5 Å². The van der Waals surface area contributed by atoms with Crippen LogP contribution in [-0.2, 0) is 9.47 Å². The molecule has 0 amide bonds. The summed E-state index contributed by atoms with van der Waals surface area (Å²) >= 11 is 0. The lowest BCUT2D eigenvalue weighted by Crippen LogP contribution is -2.47. The maximum atomic E-state index is 6.33. The van der Waals surface area contributed by atoms with Gasteiger partial charge in [0.15, 0.2) is 0 Å². The molecule has 0 unspecified atom stereocenters. The molecule has 0 aliphatic heterocycles. The summed E-state index contributed by atoms with van der Waals surface area (Å²) in [6.07, 6.45) is 11.5. The van der Waals surface area contributed by atoms with Crippen molar-refractivity contribution in [2.75, 3.05) is 26.4 Å². The highest BCUT2D eigenvalue weighted by atomic mass is 16.5. The highest BCUT2D eigenvalue weighted by Crippen LogP contribution is 2.36. The summed E-state index contributed by atoms with van der Waals surface area (Å²) in [4.78, 5) is 0. The van der Waals surface area contributed by atoms with Gasteiger partial charge in [0.2, 0.25) is 0 Å². The molecule has 3 nitrogen and oxygen atoms in total. The molecule has 0 radical (unpaired) electrons. The van der Waals surface area contributed by atoms with E-state index in [9.17, 15) is 0 Å².